The molecule has 0 heterocycles. The van der Waals surface area contributed by atoms with Crippen LogP contribution in [0.25, 0.3) is 10.8 Å². The van der Waals surface area contributed by atoms with Gasteiger partial charge in [0, 0.05) is 27.0 Å². The van der Waals surface area contributed by atoms with Gasteiger partial charge in [-0.3, -0.25) is 0 Å². The number of hydrogen-bond donors (Lipinski definition) is 1. The lowest BCUT2D eigenvalue weighted by molar-refractivity contribution is 0.405. The summed E-state index contributed by atoms with van der Waals surface area (Å²) in [6.07, 6.45) is 1.10. The van der Waals surface area contributed by atoms with E-state index in [0.717, 1.165) is 30.2 Å². The first-order valence-corrected chi connectivity index (χ1v) is 9.67. The molecule has 0 atom stereocenters. The minimum absolute atomic E-state index is 0.761. The highest BCUT2D eigenvalue weighted by atomic mass is 35.5. The molecule has 0 radical (unpaired) electrons. The topological polar surface area (TPSA) is 15.3 Å². The maximum atomic E-state index is 6.22. The largest absolute Gasteiger partial charge is 0.384 e. The van der Waals surface area contributed by atoms with Crippen molar-refractivity contribution in [3.63, 3.8) is 0 Å². The van der Waals surface area contributed by atoms with E-state index in [2.05, 4.69) is 72.8 Å². The summed E-state index contributed by atoms with van der Waals surface area (Å²) >= 11 is 8.01. The standard InChI is InChI=1S/C21H23ClN2S/c1-24(2)14-6-13-23-19-15-17(22)11-12-21(19)25-20-10-5-8-16-7-3-4-9-18(16)20/h3-5,7-12,15,23H,6,13-14H2,1-2H3. The van der Waals surface area contributed by atoms with Gasteiger partial charge < -0.3 is 10.2 Å². The minimum Gasteiger partial charge on any atom is -0.384 e. The molecular formula is C21H23ClN2S. The zero-order valence-electron chi connectivity index (χ0n) is 14.6. The second kappa shape index (κ2) is 8.61. The molecule has 1 N–H and O–H groups in total. The van der Waals surface area contributed by atoms with Crippen LogP contribution < -0.4 is 5.32 Å². The first-order valence-electron chi connectivity index (χ1n) is 8.47. The van der Waals surface area contributed by atoms with Crippen LogP contribution in [0.3, 0.4) is 0 Å². The molecular weight excluding hydrogens is 348 g/mol. The lowest BCUT2D eigenvalue weighted by atomic mass is 10.1. The summed E-state index contributed by atoms with van der Waals surface area (Å²) in [5, 5.41) is 6.85. The monoisotopic (exact) mass is 370 g/mol. The predicted molar refractivity (Wildman–Crippen MR) is 111 cm³/mol. The van der Waals surface area contributed by atoms with E-state index >= 15 is 0 Å². The summed E-state index contributed by atoms with van der Waals surface area (Å²) in [7, 11) is 4.20. The van der Waals surface area contributed by atoms with Crippen molar-refractivity contribution >= 4 is 39.8 Å². The Labute approximate surface area is 159 Å². The average molecular weight is 371 g/mol. The molecule has 0 unspecified atom stereocenters. The number of nitrogens with zero attached hydrogens (tertiary/aromatic N) is 1. The molecule has 0 amide bonds. The fourth-order valence-corrected chi connectivity index (χ4v) is 3.98. The van der Waals surface area contributed by atoms with Crippen molar-refractivity contribution in [2.45, 2.75) is 16.2 Å². The van der Waals surface area contributed by atoms with Gasteiger partial charge in [0.2, 0.25) is 0 Å². The van der Waals surface area contributed by atoms with Crippen molar-refractivity contribution in [2.24, 2.45) is 0 Å². The zero-order valence-corrected chi connectivity index (χ0v) is 16.2. The number of benzene rings is 3. The molecule has 0 aliphatic rings. The highest BCUT2D eigenvalue weighted by Crippen LogP contribution is 2.38. The molecule has 3 aromatic rings. The van der Waals surface area contributed by atoms with Crippen LogP contribution in [0, 0.1) is 0 Å². The van der Waals surface area contributed by atoms with Crippen LogP contribution in [0.5, 0.6) is 0 Å². The van der Waals surface area contributed by atoms with Crippen LogP contribution in [0.1, 0.15) is 6.42 Å². The SMILES string of the molecule is CN(C)CCCNc1cc(Cl)ccc1Sc1cccc2ccccc12. The third-order valence-corrected chi connectivity index (χ3v) is 5.40. The highest BCUT2D eigenvalue weighted by molar-refractivity contribution is 7.99. The molecule has 0 fully saturated rings. The molecule has 0 saturated heterocycles. The van der Waals surface area contributed by atoms with Gasteiger partial charge in [-0.1, -0.05) is 59.8 Å². The minimum atomic E-state index is 0.761. The molecule has 0 bridgehead atoms. The Hall–Kier alpha value is -1.68. The van der Waals surface area contributed by atoms with E-state index < -0.39 is 0 Å². The summed E-state index contributed by atoms with van der Waals surface area (Å²) in [4.78, 5) is 4.66. The second-order valence-corrected chi connectivity index (χ2v) is 7.82. The number of anilines is 1. The quantitative estimate of drug-likeness (QED) is 0.513. The van der Waals surface area contributed by atoms with Crippen molar-refractivity contribution in [1.29, 1.82) is 0 Å². The van der Waals surface area contributed by atoms with Gasteiger partial charge >= 0.3 is 0 Å². The Morgan fingerprint density at radius 2 is 1.76 bits per heavy atom. The Kier molecular flexibility index (Phi) is 6.24. The number of hydrogen-bond acceptors (Lipinski definition) is 3. The molecule has 25 heavy (non-hydrogen) atoms. The van der Waals surface area contributed by atoms with Crippen LogP contribution in [0.2, 0.25) is 5.02 Å². The molecule has 3 rings (SSSR count). The van der Waals surface area contributed by atoms with E-state index in [1.54, 1.807) is 11.8 Å². The molecule has 0 spiro atoms. The Balaban J connectivity index is 1.81. The summed E-state index contributed by atoms with van der Waals surface area (Å²) in [6, 6.07) is 21.0. The lowest BCUT2D eigenvalue weighted by Gasteiger charge is -2.14. The van der Waals surface area contributed by atoms with Crippen LogP contribution in [-0.4, -0.2) is 32.1 Å². The fraction of sp³-hybridized carbons (Fsp3) is 0.238. The highest BCUT2D eigenvalue weighted by Gasteiger charge is 2.08. The van der Waals surface area contributed by atoms with E-state index in [-0.39, 0.29) is 0 Å². The normalized spacial score (nSPS) is 11.2. The van der Waals surface area contributed by atoms with Gasteiger partial charge in [-0.15, -0.1) is 0 Å². The first kappa shape index (κ1) is 18.1. The van der Waals surface area contributed by atoms with Crippen molar-refractivity contribution < 1.29 is 0 Å². The molecule has 0 aliphatic carbocycles. The van der Waals surface area contributed by atoms with Gasteiger partial charge in [0.05, 0.1) is 0 Å². The van der Waals surface area contributed by atoms with E-state index in [4.69, 9.17) is 11.6 Å². The predicted octanol–water partition coefficient (Wildman–Crippen LogP) is 6.01. The molecule has 4 heteroatoms. The maximum absolute atomic E-state index is 6.22. The van der Waals surface area contributed by atoms with Crippen LogP contribution in [0.4, 0.5) is 5.69 Å². The fourth-order valence-electron chi connectivity index (χ4n) is 2.75. The van der Waals surface area contributed by atoms with Gasteiger partial charge in [0.25, 0.3) is 0 Å². The summed E-state index contributed by atoms with van der Waals surface area (Å²) < 4.78 is 0. The van der Waals surface area contributed by atoms with Gasteiger partial charge in [0.1, 0.15) is 0 Å². The van der Waals surface area contributed by atoms with Crippen LogP contribution in [0.15, 0.2) is 70.5 Å². The molecule has 3 aromatic carbocycles. The van der Waals surface area contributed by atoms with Gasteiger partial charge in [-0.05, 0) is 62.1 Å². The molecule has 0 aromatic heterocycles. The second-order valence-electron chi connectivity index (χ2n) is 6.30. The van der Waals surface area contributed by atoms with E-state index in [0.29, 0.717) is 0 Å². The van der Waals surface area contributed by atoms with Gasteiger partial charge in [-0.2, -0.15) is 0 Å². The Bertz CT molecular complexity index is 843. The first-order chi connectivity index (χ1) is 12.1. The molecule has 0 saturated carbocycles. The summed E-state index contributed by atoms with van der Waals surface area (Å²) in [5.74, 6) is 0. The summed E-state index contributed by atoms with van der Waals surface area (Å²) in [6.45, 7) is 2.00. The molecule has 2 nitrogen and oxygen atoms in total. The number of halogens is 1. The third-order valence-electron chi connectivity index (χ3n) is 4.01. The molecule has 130 valence electrons. The number of fused-ring (bicyclic) bond motifs is 1. The van der Waals surface area contributed by atoms with Crippen molar-refractivity contribution in [3.8, 4) is 0 Å². The number of rotatable bonds is 7. The maximum Gasteiger partial charge on any atom is 0.0496 e. The van der Waals surface area contributed by atoms with Crippen LogP contribution in [-0.2, 0) is 0 Å². The van der Waals surface area contributed by atoms with Gasteiger partial charge in [-0.25, -0.2) is 0 Å². The number of nitrogens with one attached hydrogen (secondary N) is 1. The Morgan fingerprint density at radius 1 is 0.960 bits per heavy atom. The summed E-state index contributed by atoms with van der Waals surface area (Å²) in [5.41, 5.74) is 1.10. The van der Waals surface area contributed by atoms with Crippen molar-refractivity contribution in [3.05, 3.63) is 65.7 Å². The Morgan fingerprint density at radius 3 is 2.60 bits per heavy atom. The van der Waals surface area contributed by atoms with E-state index in [1.807, 2.05) is 12.1 Å². The zero-order chi connectivity index (χ0) is 17.6. The van der Waals surface area contributed by atoms with E-state index in [1.165, 1.54) is 20.6 Å². The van der Waals surface area contributed by atoms with Crippen LogP contribution >= 0.6 is 23.4 Å². The molecule has 0 aliphatic heterocycles. The third kappa shape index (κ3) is 4.91. The smallest absolute Gasteiger partial charge is 0.0496 e. The van der Waals surface area contributed by atoms with Crippen molar-refractivity contribution in [1.82, 2.24) is 4.90 Å². The lowest BCUT2D eigenvalue weighted by Crippen LogP contribution is -2.16. The van der Waals surface area contributed by atoms with Crippen molar-refractivity contribution in [2.75, 3.05) is 32.5 Å². The van der Waals surface area contributed by atoms with Gasteiger partial charge in [0.15, 0.2) is 0 Å². The average Bonchev–Trinajstić information content (AvgIpc) is 2.61. The van der Waals surface area contributed by atoms with E-state index in [9.17, 15) is 0 Å².